The van der Waals surface area contributed by atoms with Gasteiger partial charge in [0.1, 0.15) is 0 Å². The van der Waals surface area contributed by atoms with Crippen LogP contribution in [0.5, 0.6) is 0 Å². The van der Waals surface area contributed by atoms with E-state index in [1.54, 1.807) is 0 Å². The van der Waals surface area contributed by atoms with Crippen molar-refractivity contribution >= 4 is 17.6 Å². The summed E-state index contributed by atoms with van der Waals surface area (Å²) >= 11 is 4.68. The van der Waals surface area contributed by atoms with E-state index in [2.05, 4.69) is 17.6 Å². The average Bonchev–Trinajstić information content (AvgIpc) is 1.91. The van der Waals surface area contributed by atoms with Crippen molar-refractivity contribution in [1.82, 2.24) is 0 Å². The molecule has 0 aliphatic heterocycles. The minimum absolute atomic E-state index is 0.885. The molecule has 51 valence electrons. The normalized spacial score (nSPS) is 21.8. The predicted molar refractivity (Wildman–Crippen MR) is 43.8 cm³/mol. The number of thiocarbonyl (C=S) groups is 1. The third-order valence-corrected chi connectivity index (χ3v) is 2.26. The zero-order valence-electron chi connectivity index (χ0n) is 5.73. The fraction of sp³-hybridized carbons (Fsp3) is 0.875. The van der Waals surface area contributed by atoms with Gasteiger partial charge >= 0.3 is 0 Å². The van der Waals surface area contributed by atoms with Crippen LogP contribution >= 0.6 is 12.2 Å². The lowest BCUT2D eigenvalue weighted by atomic mass is 9.88. The van der Waals surface area contributed by atoms with Crippen LogP contribution in [0.15, 0.2) is 0 Å². The molecule has 0 unspecified atom stereocenters. The zero-order valence-corrected chi connectivity index (χ0v) is 6.54. The van der Waals surface area contributed by atoms with Crippen molar-refractivity contribution in [2.24, 2.45) is 5.92 Å². The fourth-order valence-corrected chi connectivity index (χ4v) is 1.74. The zero-order chi connectivity index (χ0) is 6.53. The summed E-state index contributed by atoms with van der Waals surface area (Å²) in [7, 11) is 0. The molecule has 1 aliphatic carbocycles. The van der Waals surface area contributed by atoms with Crippen molar-refractivity contribution < 1.29 is 0 Å². The van der Waals surface area contributed by atoms with E-state index in [0.717, 1.165) is 12.3 Å². The second-order valence-electron chi connectivity index (χ2n) is 2.85. The first kappa shape index (κ1) is 7.20. The monoisotopic (exact) mass is 141 g/mol. The summed E-state index contributed by atoms with van der Waals surface area (Å²) in [6.45, 7) is 0. The van der Waals surface area contributed by atoms with Crippen molar-refractivity contribution in [3.05, 3.63) is 0 Å². The van der Waals surface area contributed by atoms with Gasteiger partial charge in [0.15, 0.2) is 0 Å². The summed E-state index contributed by atoms with van der Waals surface area (Å²) in [4.78, 5) is 0. The van der Waals surface area contributed by atoms with E-state index in [-0.39, 0.29) is 0 Å². The SMILES string of the molecule is S=[C]CC1CCCCC1. The molecule has 0 bridgehead atoms. The molecule has 0 saturated heterocycles. The summed E-state index contributed by atoms with van der Waals surface area (Å²) < 4.78 is 0. The van der Waals surface area contributed by atoms with Crippen LogP contribution in [-0.4, -0.2) is 5.37 Å². The highest BCUT2D eigenvalue weighted by Crippen LogP contribution is 2.25. The van der Waals surface area contributed by atoms with Gasteiger partial charge in [0.05, 0.1) is 0 Å². The van der Waals surface area contributed by atoms with Gasteiger partial charge in [-0.25, -0.2) is 0 Å². The summed E-state index contributed by atoms with van der Waals surface area (Å²) in [6.07, 6.45) is 8.11. The standard InChI is InChI=1S/C8H13S/c9-7-6-8-4-2-1-3-5-8/h8H,1-6H2. The molecule has 1 rings (SSSR count). The maximum absolute atomic E-state index is 4.68. The molecule has 0 atom stereocenters. The quantitative estimate of drug-likeness (QED) is 0.533. The van der Waals surface area contributed by atoms with Gasteiger partial charge in [-0.3, -0.25) is 0 Å². The maximum Gasteiger partial charge on any atom is 0.0294 e. The van der Waals surface area contributed by atoms with Crippen LogP contribution in [0.2, 0.25) is 0 Å². The molecule has 0 spiro atoms. The van der Waals surface area contributed by atoms with Crippen molar-refractivity contribution in [3.8, 4) is 0 Å². The maximum atomic E-state index is 4.68. The Labute approximate surface area is 62.6 Å². The number of hydrogen-bond acceptors (Lipinski definition) is 1. The second kappa shape index (κ2) is 3.99. The molecular weight excluding hydrogens is 128 g/mol. The van der Waals surface area contributed by atoms with E-state index in [1.165, 1.54) is 32.1 Å². The van der Waals surface area contributed by atoms with Crippen LogP contribution in [0.4, 0.5) is 0 Å². The summed E-state index contributed by atoms with van der Waals surface area (Å²) in [5, 5.41) is 2.82. The first-order valence-corrected chi connectivity index (χ1v) is 4.19. The molecule has 0 aromatic carbocycles. The topological polar surface area (TPSA) is 0 Å². The van der Waals surface area contributed by atoms with E-state index >= 15 is 0 Å². The van der Waals surface area contributed by atoms with E-state index in [4.69, 9.17) is 0 Å². The predicted octanol–water partition coefficient (Wildman–Crippen LogP) is 2.83. The van der Waals surface area contributed by atoms with Crippen molar-refractivity contribution in [2.75, 3.05) is 0 Å². The van der Waals surface area contributed by atoms with E-state index in [0.29, 0.717) is 0 Å². The van der Waals surface area contributed by atoms with Gasteiger partial charge in [-0.15, -0.1) is 0 Å². The molecule has 9 heavy (non-hydrogen) atoms. The second-order valence-corrected chi connectivity index (χ2v) is 3.14. The lowest BCUT2D eigenvalue weighted by Gasteiger charge is -2.18. The largest absolute Gasteiger partial charge is 0.0837 e. The van der Waals surface area contributed by atoms with Crippen molar-refractivity contribution in [1.29, 1.82) is 0 Å². The molecule has 1 fully saturated rings. The molecule has 1 heteroatoms. The van der Waals surface area contributed by atoms with Crippen molar-refractivity contribution in [2.45, 2.75) is 38.5 Å². The van der Waals surface area contributed by atoms with E-state index < -0.39 is 0 Å². The Morgan fingerprint density at radius 1 is 1.22 bits per heavy atom. The Kier molecular flexibility index (Phi) is 3.20. The van der Waals surface area contributed by atoms with Gasteiger partial charge in [0.2, 0.25) is 0 Å². The van der Waals surface area contributed by atoms with Crippen LogP contribution < -0.4 is 0 Å². The minimum atomic E-state index is 0.885. The Bertz CT molecular complexity index is 82.6. The first-order chi connectivity index (χ1) is 4.43. The molecule has 0 N–H and O–H groups in total. The molecule has 1 saturated carbocycles. The van der Waals surface area contributed by atoms with Crippen LogP contribution in [0, 0.1) is 5.92 Å². The van der Waals surface area contributed by atoms with E-state index in [1.807, 2.05) is 0 Å². The minimum Gasteiger partial charge on any atom is -0.0837 e. The summed E-state index contributed by atoms with van der Waals surface area (Å²) in [6, 6.07) is 0. The molecule has 1 aliphatic rings. The van der Waals surface area contributed by atoms with Crippen LogP contribution in [0.25, 0.3) is 0 Å². The molecule has 0 heterocycles. The molecule has 1 radical (unpaired) electrons. The number of hydrogen-bond donors (Lipinski definition) is 0. The van der Waals surface area contributed by atoms with Gasteiger partial charge in [0, 0.05) is 5.37 Å². The van der Waals surface area contributed by atoms with Gasteiger partial charge in [-0.2, -0.15) is 0 Å². The smallest absolute Gasteiger partial charge is 0.0294 e. The Hall–Kier alpha value is 0.0900. The van der Waals surface area contributed by atoms with Crippen LogP contribution in [0.3, 0.4) is 0 Å². The fourth-order valence-electron chi connectivity index (χ4n) is 1.51. The molecule has 0 aromatic rings. The van der Waals surface area contributed by atoms with Gasteiger partial charge in [-0.05, 0) is 12.3 Å². The summed E-state index contributed by atoms with van der Waals surface area (Å²) in [5.74, 6) is 0.885. The Balaban J connectivity index is 2.15. The van der Waals surface area contributed by atoms with Crippen LogP contribution in [-0.2, 0) is 0 Å². The molecule has 0 aromatic heterocycles. The highest BCUT2D eigenvalue weighted by Gasteiger charge is 2.10. The molecule has 0 nitrogen and oxygen atoms in total. The lowest BCUT2D eigenvalue weighted by Crippen LogP contribution is -2.05. The summed E-state index contributed by atoms with van der Waals surface area (Å²) in [5.41, 5.74) is 0. The first-order valence-electron chi connectivity index (χ1n) is 3.78. The van der Waals surface area contributed by atoms with Gasteiger partial charge in [-0.1, -0.05) is 44.3 Å². The number of rotatable bonds is 2. The van der Waals surface area contributed by atoms with E-state index in [9.17, 15) is 0 Å². The van der Waals surface area contributed by atoms with Gasteiger partial charge in [0.25, 0.3) is 0 Å². The third-order valence-electron chi connectivity index (χ3n) is 2.10. The van der Waals surface area contributed by atoms with Crippen LogP contribution in [0.1, 0.15) is 38.5 Å². The highest BCUT2D eigenvalue weighted by molar-refractivity contribution is 7.78. The molecule has 0 amide bonds. The Morgan fingerprint density at radius 3 is 2.44 bits per heavy atom. The average molecular weight is 141 g/mol. The lowest BCUT2D eigenvalue weighted by molar-refractivity contribution is 0.371. The highest BCUT2D eigenvalue weighted by atomic mass is 32.1. The third kappa shape index (κ3) is 2.44. The Morgan fingerprint density at radius 2 is 1.89 bits per heavy atom. The van der Waals surface area contributed by atoms with Gasteiger partial charge < -0.3 is 0 Å². The molecular formula is C8H13S. The van der Waals surface area contributed by atoms with Crippen molar-refractivity contribution in [3.63, 3.8) is 0 Å².